The van der Waals surface area contributed by atoms with E-state index in [1.165, 1.54) is 6.42 Å². The molecule has 1 atom stereocenters. The zero-order valence-corrected chi connectivity index (χ0v) is 22.1. The lowest BCUT2D eigenvalue weighted by molar-refractivity contribution is 0.357. The SMILES string of the molecule is CC(C)(C)C(C=Cc1ccc(Cl)cc1Cl)N=C1NC(=S)N(c2ccc(O)cc2)C12CCCCC2. The molecular weight excluding hydrogens is 485 g/mol. The molecule has 1 aliphatic heterocycles. The third-order valence-corrected chi connectivity index (χ3v) is 7.51. The van der Waals surface area contributed by atoms with Gasteiger partial charge in [0.1, 0.15) is 17.1 Å². The minimum Gasteiger partial charge on any atom is -0.508 e. The van der Waals surface area contributed by atoms with Crippen molar-refractivity contribution in [2.75, 3.05) is 4.90 Å². The first-order chi connectivity index (χ1) is 16.1. The average molecular weight is 517 g/mol. The van der Waals surface area contributed by atoms with Crippen molar-refractivity contribution in [1.29, 1.82) is 0 Å². The van der Waals surface area contributed by atoms with Crippen LogP contribution < -0.4 is 10.2 Å². The van der Waals surface area contributed by atoms with Gasteiger partial charge in [-0.2, -0.15) is 0 Å². The number of nitrogens with zero attached hydrogens (tertiary/aromatic N) is 2. The highest BCUT2D eigenvalue weighted by molar-refractivity contribution is 7.80. The van der Waals surface area contributed by atoms with Crippen molar-refractivity contribution in [2.45, 2.75) is 64.5 Å². The summed E-state index contributed by atoms with van der Waals surface area (Å²) in [6.45, 7) is 6.57. The van der Waals surface area contributed by atoms with Crippen LogP contribution in [0.15, 0.2) is 53.5 Å². The lowest BCUT2D eigenvalue weighted by Crippen LogP contribution is -2.51. The fourth-order valence-corrected chi connectivity index (χ4v) is 5.63. The smallest absolute Gasteiger partial charge is 0.179 e. The molecule has 1 unspecified atom stereocenters. The highest BCUT2D eigenvalue weighted by Crippen LogP contribution is 2.42. The van der Waals surface area contributed by atoms with Crippen molar-refractivity contribution in [3.8, 4) is 5.75 Å². The summed E-state index contributed by atoms with van der Waals surface area (Å²) in [6, 6.07) is 12.7. The van der Waals surface area contributed by atoms with Gasteiger partial charge < -0.3 is 15.3 Å². The number of amidine groups is 1. The Bertz CT molecular complexity index is 1120. The summed E-state index contributed by atoms with van der Waals surface area (Å²) in [5.41, 5.74) is 1.46. The topological polar surface area (TPSA) is 47.9 Å². The van der Waals surface area contributed by atoms with Crippen LogP contribution in [0.3, 0.4) is 0 Å². The van der Waals surface area contributed by atoms with Gasteiger partial charge in [-0.25, -0.2) is 0 Å². The Morgan fingerprint density at radius 1 is 1.09 bits per heavy atom. The number of rotatable bonds is 4. The van der Waals surface area contributed by atoms with Gasteiger partial charge in [-0.05, 0) is 72.4 Å². The van der Waals surface area contributed by atoms with Crippen LogP contribution in [0.2, 0.25) is 10.0 Å². The number of phenols is 1. The summed E-state index contributed by atoms with van der Waals surface area (Å²) in [7, 11) is 0. The van der Waals surface area contributed by atoms with E-state index in [0.29, 0.717) is 15.2 Å². The van der Waals surface area contributed by atoms with Gasteiger partial charge >= 0.3 is 0 Å². The molecule has 0 aromatic heterocycles. The largest absolute Gasteiger partial charge is 0.508 e. The molecule has 1 aliphatic carbocycles. The van der Waals surface area contributed by atoms with Gasteiger partial charge in [-0.3, -0.25) is 4.99 Å². The van der Waals surface area contributed by atoms with E-state index in [-0.39, 0.29) is 22.7 Å². The number of aromatic hydroxyl groups is 1. The first kappa shape index (κ1) is 25.0. The average Bonchev–Trinajstić information content (AvgIpc) is 3.03. The van der Waals surface area contributed by atoms with E-state index in [4.69, 9.17) is 40.4 Å². The van der Waals surface area contributed by atoms with Gasteiger partial charge in [0.25, 0.3) is 0 Å². The number of aliphatic imine (C=N–C) groups is 1. The number of thiocarbonyl (C=S) groups is 1. The van der Waals surface area contributed by atoms with Gasteiger partial charge in [-0.15, -0.1) is 0 Å². The van der Waals surface area contributed by atoms with Crippen molar-refractivity contribution < 1.29 is 5.11 Å². The van der Waals surface area contributed by atoms with E-state index in [2.05, 4.69) is 37.1 Å². The molecule has 0 amide bonds. The van der Waals surface area contributed by atoms with Crippen LogP contribution in [0.25, 0.3) is 6.08 Å². The van der Waals surface area contributed by atoms with Gasteiger partial charge in [0.15, 0.2) is 5.11 Å². The van der Waals surface area contributed by atoms with Gasteiger partial charge in [0.05, 0.1) is 6.04 Å². The lowest BCUT2D eigenvalue weighted by Gasteiger charge is -2.41. The standard InChI is InChI=1S/C27H31Cl2N3OS/c1-26(2,3)23(14-8-18-7-9-19(28)17-22(18)29)30-24-27(15-5-4-6-16-27)32(25(34)31-24)20-10-12-21(33)13-11-20/h7-14,17,23,33H,4-6,15-16H2,1-3H3,(H,30,31,34). The molecule has 4 nitrogen and oxygen atoms in total. The quantitative estimate of drug-likeness (QED) is 0.411. The summed E-state index contributed by atoms with van der Waals surface area (Å²) in [6.07, 6.45) is 9.54. The molecule has 1 spiro atoms. The molecule has 1 saturated heterocycles. The van der Waals surface area contributed by atoms with Crippen LogP contribution in [0.5, 0.6) is 5.75 Å². The van der Waals surface area contributed by atoms with Crippen LogP contribution >= 0.6 is 35.4 Å². The summed E-state index contributed by atoms with van der Waals surface area (Å²) in [5, 5.41) is 15.2. The van der Waals surface area contributed by atoms with Crippen molar-refractivity contribution in [3.63, 3.8) is 0 Å². The second-order valence-electron chi connectivity index (χ2n) is 10.2. The van der Waals surface area contributed by atoms with Gasteiger partial charge in [0.2, 0.25) is 0 Å². The minimum absolute atomic E-state index is 0.0943. The monoisotopic (exact) mass is 515 g/mol. The first-order valence-electron chi connectivity index (χ1n) is 11.7. The summed E-state index contributed by atoms with van der Waals surface area (Å²) in [5.74, 6) is 1.17. The molecule has 7 heteroatoms. The maximum atomic E-state index is 9.80. The van der Waals surface area contributed by atoms with Crippen LogP contribution in [0.4, 0.5) is 5.69 Å². The number of phenolic OH excluding ortho intramolecular Hbond substituents is 1. The third-order valence-electron chi connectivity index (χ3n) is 6.66. The number of nitrogens with one attached hydrogen (secondary N) is 1. The Morgan fingerprint density at radius 2 is 1.76 bits per heavy atom. The zero-order valence-electron chi connectivity index (χ0n) is 19.8. The summed E-state index contributed by atoms with van der Waals surface area (Å²) >= 11 is 18.3. The van der Waals surface area contributed by atoms with Crippen molar-refractivity contribution in [1.82, 2.24) is 5.32 Å². The van der Waals surface area contributed by atoms with Crippen LogP contribution in [0.1, 0.15) is 58.4 Å². The number of benzene rings is 2. The Labute approximate surface area is 217 Å². The van der Waals surface area contributed by atoms with E-state index < -0.39 is 0 Å². The predicted octanol–water partition coefficient (Wildman–Crippen LogP) is 7.62. The predicted molar refractivity (Wildman–Crippen MR) is 148 cm³/mol. The van der Waals surface area contributed by atoms with Crippen LogP contribution in [0, 0.1) is 5.41 Å². The Morgan fingerprint density at radius 3 is 2.38 bits per heavy atom. The molecule has 2 fully saturated rings. The van der Waals surface area contributed by atoms with Crippen molar-refractivity contribution in [2.24, 2.45) is 10.4 Å². The fraction of sp³-hybridized carbons (Fsp3) is 0.407. The fourth-order valence-electron chi connectivity index (χ4n) is 4.79. The lowest BCUT2D eigenvalue weighted by atomic mass is 9.79. The molecule has 0 radical (unpaired) electrons. The van der Waals surface area contributed by atoms with Gasteiger partial charge in [-0.1, -0.05) is 81.5 Å². The molecule has 1 heterocycles. The molecule has 2 N–H and O–H groups in total. The molecule has 1 saturated carbocycles. The third kappa shape index (κ3) is 5.12. The molecule has 0 bridgehead atoms. The van der Waals surface area contributed by atoms with E-state index in [1.54, 1.807) is 18.2 Å². The highest BCUT2D eigenvalue weighted by Gasteiger charge is 2.50. The molecule has 2 aromatic rings. The Hall–Kier alpha value is -2.08. The van der Waals surface area contributed by atoms with E-state index in [1.807, 2.05) is 30.3 Å². The molecule has 2 aliphatic rings. The second kappa shape index (κ2) is 9.88. The van der Waals surface area contributed by atoms with E-state index in [9.17, 15) is 5.11 Å². The van der Waals surface area contributed by atoms with E-state index in [0.717, 1.165) is 42.8 Å². The second-order valence-corrected chi connectivity index (χ2v) is 11.4. The van der Waals surface area contributed by atoms with Crippen LogP contribution in [-0.2, 0) is 0 Å². The highest BCUT2D eigenvalue weighted by atomic mass is 35.5. The summed E-state index contributed by atoms with van der Waals surface area (Å²) in [4.78, 5) is 7.51. The number of hydrogen-bond acceptors (Lipinski definition) is 3. The Kier molecular flexibility index (Phi) is 7.28. The summed E-state index contributed by atoms with van der Waals surface area (Å²) < 4.78 is 0. The normalized spacial score (nSPS) is 20.3. The Balaban J connectivity index is 1.74. The number of halogens is 2. The molecule has 2 aromatic carbocycles. The van der Waals surface area contributed by atoms with E-state index >= 15 is 0 Å². The number of hydrogen-bond donors (Lipinski definition) is 2. The first-order valence-corrected chi connectivity index (χ1v) is 12.9. The molecule has 180 valence electrons. The minimum atomic E-state index is -0.304. The maximum Gasteiger partial charge on any atom is 0.179 e. The molecule has 4 rings (SSSR count). The van der Waals surface area contributed by atoms with Gasteiger partial charge in [0, 0.05) is 15.7 Å². The van der Waals surface area contributed by atoms with Crippen molar-refractivity contribution >= 4 is 58.1 Å². The van der Waals surface area contributed by atoms with Crippen LogP contribution in [-0.4, -0.2) is 27.6 Å². The molecule has 34 heavy (non-hydrogen) atoms. The maximum absolute atomic E-state index is 9.80. The zero-order chi connectivity index (χ0) is 24.5. The van der Waals surface area contributed by atoms with Crippen molar-refractivity contribution in [3.05, 3.63) is 64.1 Å². The number of anilines is 1. The molecular formula is C27H31Cl2N3OS.